The van der Waals surface area contributed by atoms with Gasteiger partial charge < -0.3 is 4.90 Å². The number of hydrogen-bond acceptors (Lipinski definition) is 3. The van der Waals surface area contributed by atoms with Crippen molar-refractivity contribution < 1.29 is 17.6 Å². The van der Waals surface area contributed by atoms with Gasteiger partial charge in [0.2, 0.25) is 10.0 Å². The lowest BCUT2D eigenvalue weighted by molar-refractivity contribution is 0.0787. The van der Waals surface area contributed by atoms with Gasteiger partial charge in [-0.2, -0.15) is 0 Å². The van der Waals surface area contributed by atoms with Gasteiger partial charge in [-0.3, -0.25) is 4.79 Å². The Balaban J connectivity index is 2.44. The predicted octanol–water partition coefficient (Wildman–Crippen LogP) is 1.72. The Bertz CT molecular complexity index is 663. The van der Waals surface area contributed by atoms with Crippen LogP contribution in [-0.4, -0.2) is 32.3 Å². The number of benzene rings is 1. The summed E-state index contributed by atoms with van der Waals surface area (Å²) >= 11 is 3.09. The first-order valence-corrected chi connectivity index (χ1v) is 8.35. The Hall–Kier alpha value is -0.990. The summed E-state index contributed by atoms with van der Waals surface area (Å²) in [6, 6.07) is 1.94. The fraction of sp³-hybridized carbons (Fsp3) is 0.417. The predicted molar refractivity (Wildman–Crippen MR) is 75.2 cm³/mol. The average Bonchev–Trinajstić information content (AvgIpc) is 2.73. The molecule has 2 rings (SSSR count). The van der Waals surface area contributed by atoms with Crippen LogP contribution in [0.25, 0.3) is 0 Å². The van der Waals surface area contributed by atoms with E-state index in [1.165, 1.54) is 0 Å². The summed E-state index contributed by atoms with van der Waals surface area (Å²) in [6.07, 6.45) is 0.895. The zero-order chi connectivity index (χ0) is 15.1. The van der Waals surface area contributed by atoms with Crippen molar-refractivity contribution in [2.75, 3.05) is 13.1 Å². The second-order valence-electron chi connectivity index (χ2n) is 4.95. The molecular formula is C12H14BrFN2O3S. The number of nitrogens with zero attached hydrogens (tertiary/aromatic N) is 1. The number of hydrogen-bond donors (Lipinski definition) is 1. The van der Waals surface area contributed by atoms with Crippen LogP contribution < -0.4 is 5.14 Å². The van der Waals surface area contributed by atoms with E-state index >= 15 is 0 Å². The van der Waals surface area contributed by atoms with Crippen molar-refractivity contribution >= 4 is 31.9 Å². The minimum Gasteiger partial charge on any atom is -0.338 e. The quantitative estimate of drug-likeness (QED) is 0.867. The molecule has 0 radical (unpaired) electrons. The number of rotatable bonds is 2. The fourth-order valence-electron chi connectivity index (χ4n) is 2.20. The lowest BCUT2D eigenvalue weighted by Gasteiger charge is -2.17. The maximum absolute atomic E-state index is 13.6. The highest BCUT2D eigenvalue weighted by Crippen LogP contribution is 2.27. The van der Waals surface area contributed by atoms with E-state index in [0.29, 0.717) is 19.0 Å². The normalized spacial score (nSPS) is 19.4. The minimum absolute atomic E-state index is 0.101. The van der Waals surface area contributed by atoms with Crippen LogP contribution >= 0.6 is 15.9 Å². The van der Waals surface area contributed by atoms with Gasteiger partial charge in [-0.1, -0.05) is 6.92 Å². The largest absolute Gasteiger partial charge is 0.338 e. The maximum Gasteiger partial charge on any atom is 0.255 e. The standard InChI is InChI=1S/C12H14BrFN2O3S/c1-7-2-3-16(6-7)12(17)8-4-11(20(15,18)19)10(14)5-9(8)13/h4-5,7H,2-3,6H2,1H3,(H2,15,18,19). The van der Waals surface area contributed by atoms with Gasteiger partial charge in [0.15, 0.2) is 0 Å². The molecule has 0 aromatic heterocycles. The second kappa shape index (κ2) is 5.42. The smallest absolute Gasteiger partial charge is 0.255 e. The summed E-state index contributed by atoms with van der Waals surface area (Å²) < 4.78 is 36.5. The van der Waals surface area contributed by atoms with Crippen molar-refractivity contribution in [2.45, 2.75) is 18.2 Å². The number of primary sulfonamides is 1. The number of sulfonamides is 1. The first-order valence-electron chi connectivity index (χ1n) is 6.01. The molecule has 0 spiro atoms. The van der Waals surface area contributed by atoms with Crippen LogP contribution in [-0.2, 0) is 10.0 Å². The highest BCUT2D eigenvalue weighted by Gasteiger charge is 2.27. The van der Waals surface area contributed by atoms with Crippen molar-refractivity contribution in [3.8, 4) is 0 Å². The van der Waals surface area contributed by atoms with E-state index in [-0.39, 0.29) is 15.9 Å². The van der Waals surface area contributed by atoms with Crippen LogP contribution in [0.4, 0.5) is 4.39 Å². The molecule has 0 aliphatic carbocycles. The third kappa shape index (κ3) is 3.02. The Morgan fingerprint density at radius 3 is 2.65 bits per heavy atom. The van der Waals surface area contributed by atoms with Gasteiger partial charge in [-0.25, -0.2) is 17.9 Å². The molecule has 110 valence electrons. The number of carbonyl (C=O) groups excluding carboxylic acids is 1. The van der Waals surface area contributed by atoms with E-state index in [9.17, 15) is 17.6 Å². The molecule has 1 fully saturated rings. The molecule has 0 bridgehead atoms. The summed E-state index contributed by atoms with van der Waals surface area (Å²) in [5.41, 5.74) is 0.101. The third-order valence-corrected chi connectivity index (χ3v) is 4.85. The zero-order valence-electron chi connectivity index (χ0n) is 10.8. The Kier molecular flexibility index (Phi) is 4.17. The van der Waals surface area contributed by atoms with E-state index < -0.39 is 20.7 Å². The van der Waals surface area contributed by atoms with Crippen LogP contribution in [0.3, 0.4) is 0 Å². The van der Waals surface area contributed by atoms with Gasteiger partial charge in [-0.05, 0) is 40.4 Å². The van der Waals surface area contributed by atoms with Gasteiger partial charge in [0.25, 0.3) is 5.91 Å². The number of carbonyl (C=O) groups is 1. The molecule has 0 saturated carbocycles. The van der Waals surface area contributed by atoms with Gasteiger partial charge in [0.1, 0.15) is 10.7 Å². The van der Waals surface area contributed by atoms with Gasteiger partial charge in [-0.15, -0.1) is 0 Å². The summed E-state index contributed by atoms with van der Waals surface area (Å²) in [7, 11) is -4.21. The summed E-state index contributed by atoms with van der Waals surface area (Å²) in [5, 5.41) is 4.94. The lowest BCUT2D eigenvalue weighted by atomic mass is 10.2. The average molecular weight is 365 g/mol. The van der Waals surface area contributed by atoms with Crippen molar-refractivity contribution in [2.24, 2.45) is 11.1 Å². The second-order valence-corrected chi connectivity index (χ2v) is 7.34. The molecule has 8 heteroatoms. The molecule has 2 N–H and O–H groups in total. The number of nitrogens with two attached hydrogens (primary N) is 1. The van der Waals surface area contributed by atoms with Crippen LogP contribution in [0.1, 0.15) is 23.7 Å². The first-order chi connectivity index (χ1) is 9.20. The van der Waals surface area contributed by atoms with Crippen molar-refractivity contribution in [3.63, 3.8) is 0 Å². The third-order valence-electron chi connectivity index (χ3n) is 3.27. The molecule has 1 aromatic rings. The van der Waals surface area contributed by atoms with Gasteiger partial charge in [0, 0.05) is 17.6 Å². The van der Waals surface area contributed by atoms with Crippen molar-refractivity contribution in [1.82, 2.24) is 4.90 Å². The van der Waals surface area contributed by atoms with Crippen LogP contribution in [0.5, 0.6) is 0 Å². The first kappa shape index (κ1) is 15.4. The highest BCUT2D eigenvalue weighted by molar-refractivity contribution is 9.10. The molecule has 5 nitrogen and oxygen atoms in total. The summed E-state index contributed by atoms with van der Waals surface area (Å²) in [5.74, 6) is -0.910. The van der Waals surface area contributed by atoms with Gasteiger partial charge >= 0.3 is 0 Å². The molecule has 1 atom stereocenters. The Morgan fingerprint density at radius 2 is 2.15 bits per heavy atom. The Labute approximate surface area is 125 Å². The van der Waals surface area contributed by atoms with E-state index in [2.05, 4.69) is 15.9 Å². The fourth-order valence-corrected chi connectivity index (χ4v) is 3.30. The molecule has 1 unspecified atom stereocenters. The monoisotopic (exact) mass is 364 g/mol. The number of halogens is 2. The summed E-state index contributed by atoms with van der Waals surface area (Å²) in [4.78, 5) is 13.3. The van der Waals surface area contributed by atoms with Gasteiger partial charge in [0.05, 0.1) is 5.56 Å². The minimum atomic E-state index is -4.21. The number of likely N-dealkylation sites (tertiary alicyclic amines) is 1. The van der Waals surface area contributed by atoms with Crippen molar-refractivity contribution in [3.05, 3.63) is 28.0 Å². The molecule has 1 aliphatic rings. The van der Waals surface area contributed by atoms with Crippen molar-refractivity contribution in [1.29, 1.82) is 0 Å². The summed E-state index contributed by atoms with van der Waals surface area (Å²) in [6.45, 7) is 3.24. The van der Waals surface area contributed by atoms with E-state index in [1.54, 1.807) is 4.90 Å². The molecule has 1 aliphatic heterocycles. The van der Waals surface area contributed by atoms with Crippen LogP contribution in [0.2, 0.25) is 0 Å². The van der Waals surface area contributed by atoms with Crippen LogP contribution in [0, 0.1) is 11.7 Å². The molecule has 1 amide bonds. The van der Waals surface area contributed by atoms with E-state index in [4.69, 9.17) is 5.14 Å². The van der Waals surface area contributed by atoms with E-state index in [1.807, 2.05) is 6.92 Å². The SMILES string of the molecule is CC1CCN(C(=O)c2cc(S(N)(=O)=O)c(F)cc2Br)C1. The molecular weight excluding hydrogens is 351 g/mol. The zero-order valence-corrected chi connectivity index (χ0v) is 13.2. The van der Waals surface area contributed by atoms with E-state index in [0.717, 1.165) is 18.6 Å². The molecule has 20 heavy (non-hydrogen) atoms. The maximum atomic E-state index is 13.6. The lowest BCUT2D eigenvalue weighted by Crippen LogP contribution is -2.29. The van der Waals surface area contributed by atoms with Crippen LogP contribution in [0.15, 0.2) is 21.5 Å². The molecule has 1 heterocycles. The Morgan fingerprint density at radius 1 is 1.50 bits per heavy atom. The highest BCUT2D eigenvalue weighted by atomic mass is 79.9. The topological polar surface area (TPSA) is 80.5 Å². The number of amides is 1. The molecule has 1 saturated heterocycles. The molecule has 1 aromatic carbocycles.